The second-order valence-electron chi connectivity index (χ2n) is 6.82. The van der Waals surface area contributed by atoms with Crippen LogP contribution in [0.3, 0.4) is 0 Å². The largest absolute Gasteiger partial charge is 0.340 e. The Morgan fingerprint density at radius 3 is 2.59 bits per heavy atom. The summed E-state index contributed by atoms with van der Waals surface area (Å²) in [6, 6.07) is 16.7. The quantitative estimate of drug-likeness (QED) is 0.501. The van der Waals surface area contributed by atoms with Crippen molar-refractivity contribution >= 4 is 33.1 Å². The van der Waals surface area contributed by atoms with Gasteiger partial charge in [-0.3, -0.25) is 0 Å². The van der Waals surface area contributed by atoms with Gasteiger partial charge in [0.15, 0.2) is 0 Å². The summed E-state index contributed by atoms with van der Waals surface area (Å²) in [5.41, 5.74) is 3.40. The number of aryl methyl sites for hydroxylation is 2. The number of rotatable bonds is 4. The number of thiophene rings is 1. The van der Waals surface area contributed by atoms with Crippen LogP contribution in [0.2, 0.25) is 0 Å². The van der Waals surface area contributed by atoms with Gasteiger partial charge in [-0.05, 0) is 54.7 Å². The number of benzene rings is 2. The maximum absolute atomic E-state index is 13.3. The number of aromatic nitrogens is 2. The van der Waals surface area contributed by atoms with Gasteiger partial charge >= 0.3 is 0 Å². The van der Waals surface area contributed by atoms with E-state index in [2.05, 4.69) is 17.4 Å². The Morgan fingerprint density at radius 1 is 0.963 bits per heavy atom. The molecule has 0 saturated carbocycles. The zero-order valence-electron chi connectivity index (χ0n) is 14.7. The monoisotopic (exact) mass is 375 g/mol. The van der Waals surface area contributed by atoms with Crippen molar-refractivity contribution in [1.82, 2.24) is 9.97 Å². The first-order chi connectivity index (χ1) is 13.3. The van der Waals surface area contributed by atoms with Crippen LogP contribution in [0.25, 0.3) is 10.2 Å². The number of hydrogen-bond donors (Lipinski definition) is 1. The van der Waals surface area contributed by atoms with Gasteiger partial charge in [-0.2, -0.15) is 0 Å². The molecule has 5 rings (SSSR count). The molecular formula is C22H18FN3S. The first-order valence-electron chi connectivity index (χ1n) is 9.14. The maximum Gasteiger partial charge on any atom is 0.143 e. The molecule has 5 heteroatoms. The zero-order chi connectivity index (χ0) is 18.2. The van der Waals surface area contributed by atoms with Crippen molar-refractivity contribution < 1.29 is 4.39 Å². The lowest BCUT2D eigenvalue weighted by atomic mass is 10.1. The zero-order valence-corrected chi connectivity index (χ0v) is 15.5. The minimum absolute atomic E-state index is 0.241. The molecule has 0 bridgehead atoms. The highest BCUT2D eigenvalue weighted by atomic mass is 32.1. The minimum atomic E-state index is -0.241. The molecule has 1 aliphatic carbocycles. The van der Waals surface area contributed by atoms with Gasteiger partial charge in [-0.15, -0.1) is 11.3 Å². The summed E-state index contributed by atoms with van der Waals surface area (Å²) in [6.07, 6.45) is 4.09. The molecule has 134 valence electrons. The van der Waals surface area contributed by atoms with E-state index in [9.17, 15) is 4.39 Å². The summed E-state index contributed by atoms with van der Waals surface area (Å²) in [6.45, 7) is 0. The van der Waals surface area contributed by atoms with Gasteiger partial charge in [0.2, 0.25) is 0 Å². The highest BCUT2D eigenvalue weighted by Crippen LogP contribution is 2.40. The third-order valence-electron chi connectivity index (χ3n) is 4.92. The summed E-state index contributed by atoms with van der Waals surface area (Å²) >= 11 is 1.79. The molecule has 1 N–H and O–H groups in total. The summed E-state index contributed by atoms with van der Waals surface area (Å²) in [5.74, 6) is 1.39. The molecule has 0 fully saturated rings. The lowest BCUT2D eigenvalue weighted by Gasteiger charge is -2.10. The van der Waals surface area contributed by atoms with Gasteiger partial charge in [0.05, 0.1) is 5.39 Å². The maximum atomic E-state index is 13.3. The standard InChI is InChI=1S/C22H18FN3S/c23-15-9-11-16(12-10-15)24-21-20-17-7-4-8-18(17)27-22(20)26-19(25-21)13-14-5-2-1-3-6-14/h1-3,5-6,9-12H,4,7-8,13H2,(H,24,25,26). The van der Waals surface area contributed by atoms with Crippen molar-refractivity contribution in [3.63, 3.8) is 0 Å². The van der Waals surface area contributed by atoms with E-state index < -0.39 is 0 Å². The Balaban J connectivity index is 1.60. The average Bonchev–Trinajstić information content (AvgIpc) is 3.25. The van der Waals surface area contributed by atoms with Gasteiger partial charge in [0, 0.05) is 17.0 Å². The van der Waals surface area contributed by atoms with E-state index in [1.807, 2.05) is 18.2 Å². The fourth-order valence-corrected chi connectivity index (χ4v) is 4.94. The summed E-state index contributed by atoms with van der Waals surface area (Å²) in [7, 11) is 0. The number of anilines is 2. The third-order valence-corrected chi connectivity index (χ3v) is 6.11. The highest BCUT2D eigenvalue weighted by Gasteiger charge is 2.22. The summed E-state index contributed by atoms with van der Waals surface area (Å²) < 4.78 is 13.3. The lowest BCUT2D eigenvalue weighted by Crippen LogP contribution is -2.02. The number of halogens is 1. The fraction of sp³-hybridized carbons (Fsp3) is 0.182. The molecule has 2 aromatic heterocycles. The lowest BCUT2D eigenvalue weighted by molar-refractivity contribution is 0.628. The molecule has 0 radical (unpaired) electrons. The van der Waals surface area contributed by atoms with Crippen LogP contribution < -0.4 is 5.32 Å². The smallest absolute Gasteiger partial charge is 0.143 e. The van der Waals surface area contributed by atoms with Crippen LogP contribution in [-0.2, 0) is 19.3 Å². The van der Waals surface area contributed by atoms with E-state index in [0.717, 1.165) is 40.4 Å². The Kier molecular flexibility index (Phi) is 4.09. The Morgan fingerprint density at radius 2 is 1.78 bits per heavy atom. The molecule has 27 heavy (non-hydrogen) atoms. The van der Waals surface area contributed by atoms with Crippen LogP contribution in [0.4, 0.5) is 15.9 Å². The number of nitrogens with one attached hydrogen (secondary N) is 1. The predicted octanol–water partition coefficient (Wildman–Crippen LogP) is 5.65. The molecule has 0 spiro atoms. The number of nitrogens with zero attached hydrogens (tertiary/aromatic N) is 2. The molecule has 0 amide bonds. The Labute approximate surface area is 160 Å². The molecule has 1 aliphatic rings. The highest BCUT2D eigenvalue weighted by molar-refractivity contribution is 7.19. The average molecular weight is 375 g/mol. The van der Waals surface area contributed by atoms with Crippen molar-refractivity contribution in [2.24, 2.45) is 0 Å². The van der Waals surface area contributed by atoms with Crippen molar-refractivity contribution in [2.45, 2.75) is 25.7 Å². The van der Waals surface area contributed by atoms with Crippen molar-refractivity contribution in [3.05, 3.63) is 82.2 Å². The molecule has 0 aliphatic heterocycles. The van der Waals surface area contributed by atoms with Crippen molar-refractivity contribution in [1.29, 1.82) is 0 Å². The molecule has 0 unspecified atom stereocenters. The van der Waals surface area contributed by atoms with Crippen LogP contribution >= 0.6 is 11.3 Å². The normalized spacial score (nSPS) is 13.1. The Bertz CT molecular complexity index is 1100. The van der Waals surface area contributed by atoms with Crippen LogP contribution in [-0.4, -0.2) is 9.97 Å². The second kappa shape index (κ2) is 6.74. The third kappa shape index (κ3) is 3.19. The number of hydrogen-bond acceptors (Lipinski definition) is 4. The molecule has 3 nitrogen and oxygen atoms in total. The minimum Gasteiger partial charge on any atom is -0.340 e. The summed E-state index contributed by atoms with van der Waals surface area (Å²) in [4.78, 5) is 12.2. The van der Waals surface area contributed by atoms with Crippen molar-refractivity contribution in [3.8, 4) is 0 Å². The van der Waals surface area contributed by atoms with Gasteiger partial charge < -0.3 is 5.32 Å². The van der Waals surface area contributed by atoms with Crippen LogP contribution in [0.5, 0.6) is 0 Å². The van der Waals surface area contributed by atoms with E-state index >= 15 is 0 Å². The number of fused-ring (bicyclic) bond motifs is 3. The van der Waals surface area contributed by atoms with E-state index in [4.69, 9.17) is 9.97 Å². The first-order valence-corrected chi connectivity index (χ1v) is 9.95. The molecule has 2 aromatic carbocycles. The Hall–Kier alpha value is -2.79. The fourth-order valence-electron chi connectivity index (χ4n) is 3.66. The molecular weight excluding hydrogens is 357 g/mol. The van der Waals surface area contributed by atoms with Crippen LogP contribution in [0, 0.1) is 5.82 Å². The van der Waals surface area contributed by atoms with Gasteiger partial charge in [-0.25, -0.2) is 14.4 Å². The van der Waals surface area contributed by atoms with Gasteiger partial charge in [0.25, 0.3) is 0 Å². The first kappa shape index (κ1) is 16.4. The van der Waals surface area contributed by atoms with E-state index in [1.54, 1.807) is 23.5 Å². The summed E-state index contributed by atoms with van der Waals surface area (Å²) in [5, 5.41) is 4.54. The van der Waals surface area contributed by atoms with Gasteiger partial charge in [0.1, 0.15) is 22.3 Å². The predicted molar refractivity (Wildman–Crippen MR) is 108 cm³/mol. The molecule has 0 saturated heterocycles. The second-order valence-corrected chi connectivity index (χ2v) is 7.90. The van der Waals surface area contributed by atoms with Crippen LogP contribution in [0.1, 0.15) is 28.2 Å². The molecule has 2 heterocycles. The van der Waals surface area contributed by atoms with E-state index in [-0.39, 0.29) is 5.82 Å². The topological polar surface area (TPSA) is 37.8 Å². The van der Waals surface area contributed by atoms with Gasteiger partial charge in [-0.1, -0.05) is 30.3 Å². The van der Waals surface area contributed by atoms with E-state index in [1.165, 1.54) is 34.6 Å². The van der Waals surface area contributed by atoms with E-state index in [0.29, 0.717) is 6.42 Å². The SMILES string of the molecule is Fc1ccc(Nc2nc(Cc3ccccc3)nc3sc4c(c23)CCC4)cc1. The molecule has 0 atom stereocenters. The van der Waals surface area contributed by atoms with Crippen molar-refractivity contribution in [2.75, 3.05) is 5.32 Å². The van der Waals surface area contributed by atoms with Crippen LogP contribution in [0.15, 0.2) is 54.6 Å². The molecule has 4 aromatic rings.